The molecule has 4 nitrogen and oxygen atoms in total. The molecule has 0 heterocycles. The average Bonchev–Trinajstić information content (AvgIpc) is 2.17. The van der Waals surface area contributed by atoms with Gasteiger partial charge in [-0.1, -0.05) is 6.07 Å². The first-order valence-corrected chi connectivity index (χ1v) is 4.35. The molecule has 4 N–H and O–H groups in total. The number of hydrogen-bond acceptors (Lipinski definition) is 2. The number of carbonyl (C=O) groups is 1. The topological polar surface area (TPSA) is 67.1 Å². The summed E-state index contributed by atoms with van der Waals surface area (Å²) in [4.78, 5) is 11.0. The molecule has 0 aliphatic carbocycles. The molecule has 0 aliphatic heterocycles. The van der Waals surface area contributed by atoms with Crippen molar-refractivity contribution in [2.75, 3.05) is 12.0 Å². The van der Waals surface area contributed by atoms with Crippen LogP contribution in [0.4, 0.5) is 23.7 Å². The molecule has 0 unspecified atom stereocenters. The zero-order valence-electron chi connectivity index (χ0n) is 8.14. The number of carbonyl (C=O) groups excluding carboxylic acids is 1. The Morgan fingerprint density at radius 3 is 2.62 bits per heavy atom. The molecule has 2 amide bonds. The summed E-state index contributed by atoms with van der Waals surface area (Å²) in [5.41, 5.74) is 4.27. The van der Waals surface area contributed by atoms with E-state index in [0.29, 0.717) is 0 Å². The molecule has 0 aromatic heterocycles. The maximum Gasteiger partial charge on any atom is 0.416 e. The second kappa shape index (κ2) is 4.84. The van der Waals surface area contributed by atoms with Crippen molar-refractivity contribution in [1.82, 2.24) is 5.32 Å². The molecule has 7 heteroatoms. The van der Waals surface area contributed by atoms with Gasteiger partial charge in [0.1, 0.15) is 0 Å². The monoisotopic (exact) mass is 233 g/mol. The van der Waals surface area contributed by atoms with E-state index in [0.717, 1.165) is 12.1 Å². The van der Waals surface area contributed by atoms with Crippen LogP contribution < -0.4 is 16.4 Å². The number of hydrogen-bond donors (Lipinski definition) is 3. The van der Waals surface area contributed by atoms with Gasteiger partial charge >= 0.3 is 12.2 Å². The van der Waals surface area contributed by atoms with Crippen LogP contribution >= 0.6 is 0 Å². The fraction of sp³-hybridized carbons (Fsp3) is 0.222. The van der Waals surface area contributed by atoms with E-state index in [1.807, 2.05) is 0 Å². The first-order valence-electron chi connectivity index (χ1n) is 4.35. The molecule has 0 radical (unpaired) electrons. The molecule has 16 heavy (non-hydrogen) atoms. The normalized spacial score (nSPS) is 11.0. The molecule has 0 bridgehead atoms. The molecule has 0 aliphatic rings. The molecule has 0 atom stereocenters. The zero-order chi connectivity index (χ0) is 12.2. The fourth-order valence-corrected chi connectivity index (χ4v) is 1.04. The number of urea groups is 1. The molecular weight excluding hydrogens is 223 g/mol. The van der Waals surface area contributed by atoms with Gasteiger partial charge in [-0.05, 0) is 18.2 Å². The fourth-order valence-electron chi connectivity index (χ4n) is 1.04. The molecule has 88 valence electrons. The van der Waals surface area contributed by atoms with Crippen LogP contribution in [-0.4, -0.2) is 12.7 Å². The summed E-state index contributed by atoms with van der Waals surface area (Å²) in [6.07, 6.45) is -4.43. The van der Waals surface area contributed by atoms with E-state index in [4.69, 9.17) is 5.73 Å². The Hall–Kier alpha value is -1.76. The van der Waals surface area contributed by atoms with Crippen LogP contribution in [0.5, 0.6) is 0 Å². The number of benzene rings is 1. The van der Waals surface area contributed by atoms with Crippen LogP contribution in [-0.2, 0) is 6.18 Å². The van der Waals surface area contributed by atoms with Crippen LogP contribution in [0.25, 0.3) is 0 Å². The minimum absolute atomic E-state index is 0.0563. The average molecular weight is 233 g/mol. The lowest BCUT2D eigenvalue weighted by atomic mass is 10.2. The lowest BCUT2D eigenvalue weighted by molar-refractivity contribution is -0.137. The quantitative estimate of drug-likeness (QED) is 0.681. The maximum absolute atomic E-state index is 12.3. The van der Waals surface area contributed by atoms with E-state index >= 15 is 0 Å². The number of halogens is 3. The van der Waals surface area contributed by atoms with Gasteiger partial charge in [-0.2, -0.15) is 13.2 Å². The molecule has 0 spiro atoms. The van der Waals surface area contributed by atoms with E-state index in [-0.39, 0.29) is 12.4 Å². The van der Waals surface area contributed by atoms with Crippen LogP contribution in [0.3, 0.4) is 0 Å². The van der Waals surface area contributed by atoms with Crippen molar-refractivity contribution in [3.05, 3.63) is 29.8 Å². The van der Waals surface area contributed by atoms with Crippen molar-refractivity contribution in [2.24, 2.45) is 5.73 Å². The van der Waals surface area contributed by atoms with Gasteiger partial charge in [-0.25, -0.2) is 4.79 Å². The number of alkyl halides is 3. The SMILES string of the molecule is NCNC(=O)Nc1cccc(C(F)(F)F)c1. The van der Waals surface area contributed by atoms with Crippen LogP contribution in [0.15, 0.2) is 24.3 Å². The second-order valence-corrected chi connectivity index (χ2v) is 2.91. The van der Waals surface area contributed by atoms with Crippen molar-refractivity contribution in [2.45, 2.75) is 6.18 Å². The van der Waals surface area contributed by atoms with Gasteiger partial charge in [-0.3, -0.25) is 0 Å². The van der Waals surface area contributed by atoms with E-state index in [1.54, 1.807) is 0 Å². The van der Waals surface area contributed by atoms with Crippen molar-refractivity contribution in [1.29, 1.82) is 0 Å². The molecule has 1 aromatic carbocycles. The van der Waals surface area contributed by atoms with Gasteiger partial charge in [0.2, 0.25) is 0 Å². The molecule has 0 saturated heterocycles. The third-order valence-corrected chi connectivity index (χ3v) is 1.71. The highest BCUT2D eigenvalue weighted by Gasteiger charge is 2.30. The minimum Gasteiger partial charge on any atom is -0.326 e. The van der Waals surface area contributed by atoms with Gasteiger partial charge in [0.15, 0.2) is 0 Å². The van der Waals surface area contributed by atoms with Gasteiger partial charge < -0.3 is 16.4 Å². The Morgan fingerprint density at radius 2 is 2.06 bits per heavy atom. The first-order chi connectivity index (χ1) is 7.43. The van der Waals surface area contributed by atoms with Gasteiger partial charge in [0.25, 0.3) is 0 Å². The highest BCUT2D eigenvalue weighted by Crippen LogP contribution is 2.30. The lowest BCUT2D eigenvalue weighted by Gasteiger charge is -2.09. The molecule has 1 aromatic rings. The summed E-state index contributed by atoms with van der Waals surface area (Å²) < 4.78 is 36.9. The summed E-state index contributed by atoms with van der Waals surface area (Å²) in [6.45, 7) is -0.0925. The highest BCUT2D eigenvalue weighted by atomic mass is 19.4. The number of nitrogens with one attached hydrogen (secondary N) is 2. The Labute approximate surface area is 89.6 Å². The van der Waals surface area contributed by atoms with Crippen LogP contribution in [0, 0.1) is 0 Å². The summed E-state index contributed by atoms with van der Waals surface area (Å²) in [7, 11) is 0. The first kappa shape index (κ1) is 12.3. The van der Waals surface area contributed by atoms with E-state index in [2.05, 4.69) is 10.6 Å². The van der Waals surface area contributed by atoms with Crippen molar-refractivity contribution >= 4 is 11.7 Å². The summed E-state index contributed by atoms with van der Waals surface area (Å²) in [5.74, 6) is 0. The Kier molecular flexibility index (Phi) is 3.73. The highest BCUT2D eigenvalue weighted by molar-refractivity contribution is 5.89. The third kappa shape index (κ3) is 3.43. The predicted molar refractivity (Wildman–Crippen MR) is 52.7 cm³/mol. The lowest BCUT2D eigenvalue weighted by Crippen LogP contribution is -2.33. The van der Waals surface area contributed by atoms with Crippen molar-refractivity contribution < 1.29 is 18.0 Å². The second-order valence-electron chi connectivity index (χ2n) is 2.91. The number of amides is 2. The maximum atomic E-state index is 12.3. The van der Waals surface area contributed by atoms with Gasteiger partial charge in [0, 0.05) is 5.69 Å². The number of anilines is 1. The van der Waals surface area contributed by atoms with Crippen LogP contribution in [0.1, 0.15) is 5.56 Å². The summed E-state index contributed by atoms with van der Waals surface area (Å²) in [6, 6.07) is 3.68. The van der Waals surface area contributed by atoms with Crippen molar-refractivity contribution in [3.8, 4) is 0 Å². The molecule has 1 rings (SSSR count). The summed E-state index contributed by atoms with van der Waals surface area (Å²) >= 11 is 0. The van der Waals surface area contributed by atoms with E-state index < -0.39 is 17.8 Å². The smallest absolute Gasteiger partial charge is 0.326 e. The predicted octanol–water partition coefficient (Wildman–Crippen LogP) is 1.74. The zero-order valence-corrected chi connectivity index (χ0v) is 8.14. The Bertz CT molecular complexity index is 379. The Morgan fingerprint density at radius 1 is 1.38 bits per heavy atom. The third-order valence-electron chi connectivity index (χ3n) is 1.71. The molecule has 0 fully saturated rings. The van der Waals surface area contributed by atoms with E-state index in [1.165, 1.54) is 12.1 Å². The largest absolute Gasteiger partial charge is 0.416 e. The minimum atomic E-state index is -4.43. The standard InChI is InChI=1S/C9H10F3N3O/c10-9(11,12)6-2-1-3-7(4-6)15-8(16)14-5-13/h1-4H,5,13H2,(H2,14,15,16). The number of nitrogens with two attached hydrogens (primary N) is 1. The number of rotatable bonds is 2. The van der Waals surface area contributed by atoms with E-state index in [9.17, 15) is 18.0 Å². The van der Waals surface area contributed by atoms with Crippen molar-refractivity contribution in [3.63, 3.8) is 0 Å². The Balaban J connectivity index is 2.79. The van der Waals surface area contributed by atoms with Gasteiger partial charge in [-0.15, -0.1) is 0 Å². The summed E-state index contributed by atoms with van der Waals surface area (Å²) in [5, 5.41) is 4.42. The molecular formula is C9H10F3N3O. The van der Waals surface area contributed by atoms with Gasteiger partial charge in [0.05, 0.1) is 12.2 Å². The molecule has 0 saturated carbocycles. The van der Waals surface area contributed by atoms with Crippen LogP contribution in [0.2, 0.25) is 0 Å².